The summed E-state index contributed by atoms with van der Waals surface area (Å²) in [4.78, 5) is 21.5. The van der Waals surface area contributed by atoms with E-state index < -0.39 is 11.9 Å². The second kappa shape index (κ2) is 2.63. The highest BCUT2D eigenvalue weighted by Gasteiger charge is 2.24. The molecule has 0 fully saturated rings. The van der Waals surface area contributed by atoms with Gasteiger partial charge in [0.05, 0.1) is 11.3 Å². The molecular formula is C8H4N2O4. The summed E-state index contributed by atoms with van der Waals surface area (Å²) >= 11 is 0. The second-order valence-electron chi connectivity index (χ2n) is 2.70. The number of rotatable bonds is 2. The van der Waals surface area contributed by atoms with E-state index in [0.717, 1.165) is 0 Å². The molecule has 1 aliphatic heterocycles. The van der Waals surface area contributed by atoms with Gasteiger partial charge in [-0.2, -0.15) is 5.11 Å². The van der Waals surface area contributed by atoms with Crippen molar-refractivity contribution in [1.82, 2.24) is 0 Å². The summed E-state index contributed by atoms with van der Waals surface area (Å²) in [7, 11) is 0. The van der Waals surface area contributed by atoms with Crippen LogP contribution in [0.15, 0.2) is 22.4 Å². The van der Waals surface area contributed by atoms with Crippen molar-refractivity contribution in [3.8, 4) is 0 Å². The van der Waals surface area contributed by atoms with Gasteiger partial charge in [-0.05, 0) is 12.1 Å². The molecule has 2 N–H and O–H groups in total. The number of fused-ring (bicyclic) bond motifs is 2. The lowest BCUT2D eigenvalue weighted by molar-refractivity contribution is 0.0652. The summed E-state index contributed by atoms with van der Waals surface area (Å²) in [6, 6.07) is 2.61. The summed E-state index contributed by atoms with van der Waals surface area (Å²) in [6.07, 6.45) is 0. The van der Waals surface area contributed by atoms with Gasteiger partial charge in [0.15, 0.2) is 0 Å². The molecule has 2 bridgehead atoms. The van der Waals surface area contributed by atoms with Crippen LogP contribution in [0.4, 0.5) is 11.4 Å². The molecule has 1 heterocycles. The van der Waals surface area contributed by atoms with Crippen LogP contribution in [0.1, 0.15) is 20.7 Å². The van der Waals surface area contributed by atoms with Gasteiger partial charge >= 0.3 is 11.9 Å². The fourth-order valence-electron chi connectivity index (χ4n) is 1.25. The molecule has 0 unspecified atom stereocenters. The van der Waals surface area contributed by atoms with E-state index in [-0.39, 0.29) is 16.8 Å². The highest BCUT2D eigenvalue weighted by atomic mass is 16.4. The molecule has 0 saturated heterocycles. The lowest BCUT2D eigenvalue weighted by atomic mass is 10.1. The minimum atomic E-state index is -1.31. The first-order valence-corrected chi connectivity index (χ1v) is 3.66. The fraction of sp³-hybridized carbons (Fsp3) is 0. The number of carboxylic acids is 2. The molecule has 0 radical (unpaired) electrons. The van der Waals surface area contributed by atoms with Crippen LogP contribution in [-0.2, 0) is 0 Å². The molecule has 70 valence electrons. The van der Waals surface area contributed by atoms with Crippen LogP contribution in [0.25, 0.3) is 0 Å². The van der Waals surface area contributed by atoms with Crippen LogP contribution in [0.5, 0.6) is 0 Å². The van der Waals surface area contributed by atoms with Crippen LogP contribution in [0.2, 0.25) is 0 Å². The average Bonchev–Trinajstić information content (AvgIpc) is 2.46. The van der Waals surface area contributed by atoms with Gasteiger partial charge in [0.1, 0.15) is 11.3 Å². The Kier molecular flexibility index (Phi) is 1.57. The van der Waals surface area contributed by atoms with Gasteiger partial charge in [-0.15, -0.1) is 5.11 Å². The first-order valence-electron chi connectivity index (χ1n) is 3.66. The molecule has 14 heavy (non-hydrogen) atoms. The molecular weight excluding hydrogens is 188 g/mol. The highest BCUT2D eigenvalue weighted by molar-refractivity contribution is 6.06. The predicted molar refractivity (Wildman–Crippen MR) is 44.5 cm³/mol. The normalized spacial score (nSPS) is 11.7. The Balaban J connectivity index is 2.74. The van der Waals surface area contributed by atoms with E-state index in [0.29, 0.717) is 5.69 Å². The average molecular weight is 192 g/mol. The van der Waals surface area contributed by atoms with E-state index in [9.17, 15) is 9.59 Å². The van der Waals surface area contributed by atoms with Gasteiger partial charge in [-0.25, -0.2) is 9.59 Å². The molecule has 1 aromatic carbocycles. The van der Waals surface area contributed by atoms with Crippen molar-refractivity contribution in [3.63, 3.8) is 0 Å². The third kappa shape index (κ3) is 1.05. The first-order chi connectivity index (χ1) is 6.59. The van der Waals surface area contributed by atoms with Crippen LogP contribution in [0, 0.1) is 0 Å². The second-order valence-corrected chi connectivity index (χ2v) is 2.70. The molecule has 0 spiro atoms. The van der Waals surface area contributed by atoms with Crippen molar-refractivity contribution < 1.29 is 19.8 Å². The van der Waals surface area contributed by atoms with Gasteiger partial charge in [0.2, 0.25) is 0 Å². The van der Waals surface area contributed by atoms with E-state index in [4.69, 9.17) is 10.2 Å². The molecule has 2 rings (SSSR count). The van der Waals surface area contributed by atoms with E-state index >= 15 is 0 Å². The quantitative estimate of drug-likeness (QED) is 0.757. The zero-order valence-corrected chi connectivity index (χ0v) is 6.76. The molecule has 1 aromatic rings. The summed E-state index contributed by atoms with van der Waals surface area (Å²) < 4.78 is 0. The zero-order chi connectivity index (χ0) is 10.3. The number of benzene rings is 1. The Bertz CT molecular complexity index is 478. The zero-order valence-electron chi connectivity index (χ0n) is 6.76. The Hall–Kier alpha value is -2.24. The predicted octanol–water partition coefficient (Wildman–Crippen LogP) is 1.81. The Morgan fingerprint density at radius 1 is 1.07 bits per heavy atom. The van der Waals surface area contributed by atoms with Gasteiger partial charge in [-0.1, -0.05) is 0 Å². The van der Waals surface area contributed by atoms with Crippen LogP contribution in [0.3, 0.4) is 0 Å². The molecule has 0 amide bonds. The molecule has 6 nitrogen and oxygen atoms in total. The Morgan fingerprint density at radius 2 is 1.79 bits per heavy atom. The number of nitrogens with zero attached hydrogens (tertiary/aromatic N) is 2. The van der Waals surface area contributed by atoms with Crippen molar-refractivity contribution in [2.24, 2.45) is 10.2 Å². The lowest BCUT2D eigenvalue weighted by Crippen LogP contribution is -2.07. The molecule has 0 aromatic heterocycles. The summed E-state index contributed by atoms with van der Waals surface area (Å²) in [5.74, 6) is -2.61. The monoisotopic (exact) mass is 192 g/mol. The molecule has 0 saturated carbocycles. The van der Waals surface area contributed by atoms with Crippen molar-refractivity contribution >= 4 is 23.3 Å². The number of hydrogen-bond donors (Lipinski definition) is 2. The van der Waals surface area contributed by atoms with Gasteiger partial charge in [0, 0.05) is 0 Å². The van der Waals surface area contributed by atoms with Crippen molar-refractivity contribution in [1.29, 1.82) is 0 Å². The highest BCUT2D eigenvalue weighted by Crippen LogP contribution is 2.35. The Morgan fingerprint density at radius 3 is 2.36 bits per heavy atom. The van der Waals surface area contributed by atoms with E-state index in [1.54, 1.807) is 0 Å². The maximum atomic E-state index is 10.8. The van der Waals surface area contributed by atoms with Crippen LogP contribution < -0.4 is 0 Å². The van der Waals surface area contributed by atoms with Crippen LogP contribution >= 0.6 is 0 Å². The smallest absolute Gasteiger partial charge is 0.338 e. The number of carbonyl (C=O) groups is 2. The van der Waals surface area contributed by atoms with E-state index in [1.807, 2.05) is 0 Å². The maximum Gasteiger partial charge on any atom is 0.338 e. The fourth-order valence-corrected chi connectivity index (χ4v) is 1.25. The molecule has 0 aliphatic carbocycles. The molecule has 0 atom stereocenters. The standard InChI is InChI=1S/C8H4N2O4/c11-7(12)4-1-3-2-5(10-9-3)6(4)8(13)14/h1-2H,(H,11,12)(H,13,14). The van der Waals surface area contributed by atoms with Gasteiger partial charge in [0.25, 0.3) is 0 Å². The van der Waals surface area contributed by atoms with Crippen molar-refractivity contribution in [2.45, 2.75) is 0 Å². The maximum absolute atomic E-state index is 10.8. The minimum Gasteiger partial charge on any atom is -0.478 e. The largest absolute Gasteiger partial charge is 0.478 e. The van der Waals surface area contributed by atoms with Crippen LogP contribution in [-0.4, -0.2) is 22.2 Å². The van der Waals surface area contributed by atoms with E-state index in [2.05, 4.69) is 10.2 Å². The van der Waals surface area contributed by atoms with Gasteiger partial charge < -0.3 is 10.2 Å². The third-order valence-corrected chi connectivity index (χ3v) is 1.82. The Labute approximate surface area is 77.5 Å². The van der Waals surface area contributed by atoms with Gasteiger partial charge in [-0.3, -0.25) is 0 Å². The third-order valence-electron chi connectivity index (χ3n) is 1.82. The lowest BCUT2D eigenvalue weighted by Gasteiger charge is -2.00. The topological polar surface area (TPSA) is 99.3 Å². The summed E-state index contributed by atoms with van der Waals surface area (Å²) in [5, 5.41) is 24.7. The minimum absolute atomic E-state index is 0.0902. The summed E-state index contributed by atoms with van der Waals surface area (Å²) in [6.45, 7) is 0. The van der Waals surface area contributed by atoms with Crippen molar-refractivity contribution in [2.75, 3.05) is 0 Å². The number of azo groups is 1. The van der Waals surface area contributed by atoms with Crippen molar-refractivity contribution in [3.05, 3.63) is 23.3 Å². The number of aromatic carboxylic acids is 2. The first kappa shape index (κ1) is 8.36. The molecule has 6 heteroatoms. The summed E-state index contributed by atoms with van der Waals surface area (Å²) in [5.41, 5.74) is -0.146. The van der Waals surface area contributed by atoms with E-state index in [1.165, 1.54) is 12.1 Å². The molecule has 1 aliphatic rings. The number of carboxylic acid groups (broad SMARTS) is 2. The SMILES string of the molecule is O=C(O)c1cc2cc(c1C(=O)O)N=N2. The number of hydrogen-bond acceptors (Lipinski definition) is 4.